The molecule has 0 spiro atoms. The number of rotatable bonds is 0. The van der Waals surface area contributed by atoms with E-state index in [0.29, 0.717) is 0 Å². The van der Waals surface area contributed by atoms with Crippen molar-refractivity contribution >= 4 is 28.3 Å². The number of nitrogens with two attached hydrogens (primary N) is 1. The van der Waals surface area contributed by atoms with Crippen LogP contribution in [0.25, 0.3) is 11.1 Å². The Hall–Kier alpha value is -0.780. The maximum atomic E-state index is 8.59. The fourth-order valence-corrected chi connectivity index (χ4v) is 1.11. The van der Waals surface area contributed by atoms with Gasteiger partial charge in [-0.15, -0.1) is 0 Å². The zero-order valence-electron chi connectivity index (χ0n) is 5.82. The third-order valence-electron chi connectivity index (χ3n) is 1.35. The van der Waals surface area contributed by atoms with Crippen molar-refractivity contribution in [3.63, 3.8) is 0 Å². The van der Waals surface area contributed by atoms with E-state index in [0.717, 1.165) is 21.8 Å². The Balaban J connectivity index is 0.000000157. The average Bonchev–Trinajstić information content (AvgIpc) is 2.57. The Morgan fingerprint density at radius 3 is 1.92 bits per heavy atom. The van der Waals surface area contributed by atoms with Crippen molar-refractivity contribution in [2.24, 2.45) is 0 Å². The molecule has 0 saturated carbocycles. The van der Waals surface area contributed by atoms with Crippen LogP contribution >= 0.6 is 11.6 Å². The molecule has 12 heavy (non-hydrogen) atoms. The molecule has 6 heteroatoms. The smallest absolute Gasteiger partial charge is 0.254 e. The van der Waals surface area contributed by atoms with Crippen molar-refractivity contribution in [2.45, 2.75) is 0 Å². The van der Waals surface area contributed by atoms with E-state index >= 15 is 0 Å². The summed E-state index contributed by atoms with van der Waals surface area (Å²) >= 11 is 5.67. The van der Waals surface area contributed by atoms with Crippen LogP contribution in [-0.4, -0.2) is 13.0 Å². The van der Waals surface area contributed by atoms with E-state index in [1.807, 2.05) is 6.07 Å². The number of thiol groups is 1. The van der Waals surface area contributed by atoms with Gasteiger partial charge in [-0.3, -0.25) is 4.55 Å². The minimum Gasteiger partial charge on any atom is -0.398 e. The minimum atomic E-state index is -3.12. The van der Waals surface area contributed by atoms with Gasteiger partial charge in [-0.2, -0.15) is 0 Å². The summed E-state index contributed by atoms with van der Waals surface area (Å²) in [7, 11) is -3.12. The van der Waals surface area contributed by atoms with Gasteiger partial charge in [0.15, 0.2) is 0 Å². The second-order valence-corrected chi connectivity index (χ2v) is 3.04. The Bertz CT molecular complexity index is 357. The predicted molar refractivity (Wildman–Crippen MR) is 47.8 cm³/mol. The molecule has 0 aliphatic heterocycles. The molecule has 2 aliphatic carbocycles. The highest BCUT2D eigenvalue weighted by Gasteiger charge is 2.20. The molecule has 0 aromatic rings. The van der Waals surface area contributed by atoms with Crippen molar-refractivity contribution in [3.8, 4) is 11.1 Å². The van der Waals surface area contributed by atoms with Crippen LogP contribution in [0.15, 0.2) is 12.1 Å². The van der Waals surface area contributed by atoms with Gasteiger partial charge in [0.1, 0.15) is 0 Å². The van der Waals surface area contributed by atoms with Gasteiger partial charge in [0.2, 0.25) is 0 Å². The maximum absolute atomic E-state index is 8.59. The molecule has 0 heterocycles. The van der Waals surface area contributed by atoms with Crippen molar-refractivity contribution in [3.05, 3.63) is 17.2 Å². The molecule has 0 fully saturated rings. The highest BCUT2D eigenvalue weighted by atomic mass is 35.5. The van der Waals surface area contributed by atoms with Crippen molar-refractivity contribution in [2.75, 3.05) is 5.73 Å². The van der Waals surface area contributed by atoms with Crippen LogP contribution < -0.4 is 5.73 Å². The number of benzene rings is 1. The molecule has 0 amide bonds. The third kappa shape index (κ3) is 2.10. The van der Waals surface area contributed by atoms with Crippen molar-refractivity contribution in [1.29, 1.82) is 0 Å². The Labute approximate surface area is 75.7 Å². The summed E-state index contributed by atoms with van der Waals surface area (Å²) in [5.74, 6) is 0. The highest BCUT2D eigenvalue weighted by Crippen LogP contribution is 2.46. The van der Waals surface area contributed by atoms with Gasteiger partial charge >= 0.3 is 0 Å². The Morgan fingerprint density at radius 2 is 1.83 bits per heavy atom. The quantitative estimate of drug-likeness (QED) is 0.342. The first-order chi connectivity index (χ1) is 5.52. The van der Waals surface area contributed by atoms with Crippen LogP contribution in [-0.2, 0) is 11.0 Å². The van der Waals surface area contributed by atoms with E-state index in [1.54, 1.807) is 6.07 Å². The zero-order chi connectivity index (χ0) is 9.30. The van der Waals surface area contributed by atoms with E-state index in [1.165, 1.54) is 0 Å². The van der Waals surface area contributed by atoms with Gasteiger partial charge in [0, 0.05) is 16.8 Å². The molecule has 0 atom stereocenters. The van der Waals surface area contributed by atoms with Gasteiger partial charge in [-0.25, -0.2) is 8.42 Å². The van der Waals surface area contributed by atoms with Gasteiger partial charge < -0.3 is 5.73 Å². The summed E-state index contributed by atoms with van der Waals surface area (Å²) in [6.45, 7) is 0. The molecular formula is C6H6ClNO3S. The average molecular weight is 208 g/mol. The summed E-state index contributed by atoms with van der Waals surface area (Å²) in [6, 6.07) is 3.77. The first-order valence-corrected chi connectivity index (χ1v) is 4.46. The molecule has 4 nitrogen and oxygen atoms in total. The molecule has 0 unspecified atom stereocenters. The van der Waals surface area contributed by atoms with Crippen molar-refractivity contribution in [1.82, 2.24) is 0 Å². The molecule has 0 bridgehead atoms. The van der Waals surface area contributed by atoms with Crippen LogP contribution in [0.4, 0.5) is 5.69 Å². The summed E-state index contributed by atoms with van der Waals surface area (Å²) in [5.41, 5.74) is 8.55. The lowest BCUT2D eigenvalue weighted by Gasteiger charge is -1.75. The standard InChI is InChI=1S/C6H4ClN.H2O3S/c7-5-2-6(8)4-1-3(4)5;1-4(2)3/h1-2H,8H2;4H,(H,1,2,3). The van der Waals surface area contributed by atoms with E-state index in [2.05, 4.69) is 0 Å². The first-order valence-electron chi connectivity index (χ1n) is 2.95. The predicted octanol–water partition coefficient (Wildman–Crippen LogP) is 0.973. The molecule has 0 radical (unpaired) electrons. The number of hydrogen-bond donors (Lipinski definition) is 3. The number of fused-ring (bicyclic) bond motifs is 1. The normalized spacial score (nSPS) is 10.6. The lowest BCUT2D eigenvalue weighted by Crippen LogP contribution is -1.76. The maximum Gasteiger partial charge on any atom is 0.254 e. The lowest BCUT2D eigenvalue weighted by atomic mass is 10.5. The van der Waals surface area contributed by atoms with Crippen LogP contribution in [0.5, 0.6) is 0 Å². The van der Waals surface area contributed by atoms with Gasteiger partial charge in [0.05, 0.1) is 5.02 Å². The number of halogens is 1. The van der Waals surface area contributed by atoms with Crippen LogP contribution in [0.2, 0.25) is 5.02 Å². The summed E-state index contributed by atoms with van der Waals surface area (Å²) < 4.78 is 24.2. The second-order valence-electron chi connectivity index (χ2n) is 2.16. The first kappa shape index (κ1) is 9.31. The van der Waals surface area contributed by atoms with E-state index in [-0.39, 0.29) is 0 Å². The van der Waals surface area contributed by atoms with Gasteiger partial charge in [-0.1, -0.05) is 11.6 Å². The van der Waals surface area contributed by atoms with Crippen LogP contribution in [0.1, 0.15) is 0 Å². The second kappa shape index (κ2) is 3.30. The topological polar surface area (TPSA) is 80.4 Å². The molecule has 0 aromatic heterocycles. The number of anilines is 1. The molecule has 2 aliphatic rings. The SMILES string of the molecule is Nc1cc(Cl)c2cc1-2.O=[SH](=O)O. The summed E-state index contributed by atoms with van der Waals surface area (Å²) in [6.07, 6.45) is 0. The van der Waals surface area contributed by atoms with Gasteiger partial charge in [0.25, 0.3) is 11.0 Å². The van der Waals surface area contributed by atoms with E-state index in [9.17, 15) is 0 Å². The number of nitrogen functional groups attached to an aromatic ring is 1. The largest absolute Gasteiger partial charge is 0.398 e. The van der Waals surface area contributed by atoms with E-state index in [4.69, 9.17) is 30.3 Å². The molecule has 66 valence electrons. The minimum absolute atomic E-state index is 0.789. The highest BCUT2D eigenvalue weighted by molar-refractivity contribution is 7.66. The lowest BCUT2D eigenvalue weighted by molar-refractivity contribution is 0.509. The zero-order valence-corrected chi connectivity index (χ0v) is 7.47. The number of hydrogen-bond acceptors (Lipinski definition) is 3. The fraction of sp³-hybridized carbons (Fsp3) is 0. The molecule has 3 N–H and O–H groups in total. The molecule has 2 rings (SSSR count). The van der Waals surface area contributed by atoms with Crippen LogP contribution in [0, 0.1) is 0 Å². The Kier molecular flexibility index (Phi) is 2.56. The van der Waals surface area contributed by atoms with E-state index < -0.39 is 11.0 Å². The van der Waals surface area contributed by atoms with Crippen molar-refractivity contribution < 1.29 is 13.0 Å². The molecular weight excluding hydrogens is 202 g/mol. The summed E-state index contributed by atoms with van der Waals surface area (Å²) in [4.78, 5) is 0. The fourth-order valence-electron chi connectivity index (χ4n) is 0.837. The molecule has 0 saturated heterocycles. The van der Waals surface area contributed by atoms with Crippen LogP contribution in [0.3, 0.4) is 0 Å². The van der Waals surface area contributed by atoms with Gasteiger partial charge in [-0.05, 0) is 12.1 Å². The monoisotopic (exact) mass is 207 g/mol. The Morgan fingerprint density at radius 1 is 1.33 bits per heavy atom. The summed E-state index contributed by atoms with van der Waals surface area (Å²) in [5, 5.41) is 0.789. The molecule has 0 aromatic carbocycles. The third-order valence-corrected chi connectivity index (χ3v) is 1.66.